The van der Waals surface area contributed by atoms with E-state index in [2.05, 4.69) is 0 Å². The number of hydrogen-bond donors (Lipinski definition) is 1. The second-order valence-electron chi connectivity index (χ2n) is 3.69. The van der Waals surface area contributed by atoms with Crippen LogP contribution in [0.5, 0.6) is 0 Å². The van der Waals surface area contributed by atoms with Crippen LogP contribution < -0.4 is 0 Å². The van der Waals surface area contributed by atoms with Gasteiger partial charge in [-0.2, -0.15) is 0 Å². The SMILES string of the molecule is CCS(=O)(=O)CCN(CC(=O)O)C(C)C. The van der Waals surface area contributed by atoms with E-state index in [1.807, 2.05) is 13.8 Å². The Morgan fingerprint density at radius 3 is 2.27 bits per heavy atom. The van der Waals surface area contributed by atoms with Crippen molar-refractivity contribution in [3.05, 3.63) is 0 Å². The van der Waals surface area contributed by atoms with Gasteiger partial charge in [-0.1, -0.05) is 6.92 Å². The smallest absolute Gasteiger partial charge is 0.317 e. The summed E-state index contributed by atoms with van der Waals surface area (Å²) < 4.78 is 22.5. The number of rotatable bonds is 7. The Kier molecular flexibility index (Phi) is 5.82. The molecule has 0 rings (SSSR count). The summed E-state index contributed by atoms with van der Waals surface area (Å²) in [4.78, 5) is 12.2. The van der Waals surface area contributed by atoms with Crippen molar-refractivity contribution < 1.29 is 18.3 Å². The van der Waals surface area contributed by atoms with E-state index in [-0.39, 0.29) is 30.6 Å². The van der Waals surface area contributed by atoms with Crippen molar-refractivity contribution in [3.8, 4) is 0 Å². The van der Waals surface area contributed by atoms with Gasteiger partial charge >= 0.3 is 5.97 Å². The summed E-state index contributed by atoms with van der Waals surface area (Å²) in [5, 5.41) is 8.63. The van der Waals surface area contributed by atoms with Gasteiger partial charge in [-0.05, 0) is 13.8 Å². The monoisotopic (exact) mass is 237 g/mol. The van der Waals surface area contributed by atoms with E-state index in [0.29, 0.717) is 0 Å². The minimum Gasteiger partial charge on any atom is -0.480 e. The number of carboxylic acid groups (broad SMARTS) is 1. The predicted octanol–water partition coefficient (Wildman–Crippen LogP) is 0.216. The number of hydrogen-bond acceptors (Lipinski definition) is 4. The molecule has 0 saturated heterocycles. The van der Waals surface area contributed by atoms with E-state index in [1.54, 1.807) is 11.8 Å². The van der Waals surface area contributed by atoms with Gasteiger partial charge in [-0.15, -0.1) is 0 Å². The van der Waals surface area contributed by atoms with Crippen LogP contribution in [0.4, 0.5) is 0 Å². The zero-order valence-corrected chi connectivity index (χ0v) is 10.2. The summed E-state index contributed by atoms with van der Waals surface area (Å²) in [7, 11) is -3.02. The van der Waals surface area contributed by atoms with Crippen LogP contribution in [-0.4, -0.2) is 55.0 Å². The first-order valence-electron chi connectivity index (χ1n) is 4.94. The maximum Gasteiger partial charge on any atom is 0.317 e. The van der Waals surface area contributed by atoms with Crippen LogP contribution in [0.2, 0.25) is 0 Å². The third-order valence-corrected chi connectivity index (χ3v) is 3.88. The second-order valence-corrected chi connectivity index (χ2v) is 6.17. The van der Waals surface area contributed by atoms with Gasteiger partial charge in [0, 0.05) is 18.3 Å². The van der Waals surface area contributed by atoms with Crippen LogP contribution in [0.15, 0.2) is 0 Å². The lowest BCUT2D eigenvalue weighted by atomic mass is 10.3. The Labute approximate surface area is 91.0 Å². The van der Waals surface area contributed by atoms with Gasteiger partial charge in [-0.25, -0.2) is 8.42 Å². The Hall–Kier alpha value is -0.620. The molecule has 0 spiro atoms. The van der Waals surface area contributed by atoms with E-state index in [0.717, 1.165) is 0 Å². The van der Waals surface area contributed by atoms with Gasteiger partial charge in [-0.3, -0.25) is 9.69 Å². The van der Waals surface area contributed by atoms with Crippen LogP contribution in [0, 0.1) is 0 Å². The van der Waals surface area contributed by atoms with Crippen molar-refractivity contribution in [3.63, 3.8) is 0 Å². The zero-order chi connectivity index (χ0) is 12.1. The van der Waals surface area contributed by atoms with Crippen LogP contribution in [0.3, 0.4) is 0 Å². The van der Waals surface area contributed by atoms with E-state index in [1.165, 1.54) is 0 Å². The first-order chi connectivity index (χ1) is 6.78. The Balaban J connectivity index is 4.25. The fourth-order valence-electron chi connectivity index (χ4n) is 1.09. The standard InChI is InChI=1S/C9H19NO4S/c1-4-15(13,14)6-5-10(8(2)3)7-9(11)12/h8H,4-7H2,1-3H3,(H,11,12). The molecule has 0 aromatic heterocycles. The number of carboxylic acids is 1. The summed E-state index contributed by atoms with van der Waals surface area (Å²) in [5.41, 5.74) is 0. The summed E-state index contributed by atoms with van der Waals surface area (Å²) in [6, 6.07) is 0.0353. The lowest BCUT2D eigenvalue weighted by molar-refractivity contribution is -0.138. The Morgan fingerprint density at radius 1 is 1.40 bits per heavy atom. The maximum atomic E-state index is 11.2. The molecule has 5 nitrogen and oxygen atoms in total. The average Bonchev–Trinajstić information content (AvgIpc) is 2.11. The first kappa shape index (κ1) is 14.4. The minimum absolute atomic E-state index is 0.0228. The molecule has 0 aromatic carbocycles. The highest BCUT2D eigenvalue weighted by molar-refractivity contribution is 7.91. The molecule has 0 fully saturated rings. The highest BCUT2D eigenvalue weighted by Gasteiger charge is 2.16. The lowest BCUT2D eigenvalue weighted by Crippen LogP contribution is -2.39. The second kappa shape index (κ2) is 6.07. The van der Waals surface area contributed by atoms with Gasteiger partial charge in [0.2, 0.25) is 0 Å². The van der Waals surface area contributed by atoms with E-state index >= 15 is 0 Å². The summed E-state index contributed by atoms with van der Waals surface area (Å²) >= 11 is 0. The summed E-state index contributed by atoms with van der Waals surface area (Å²) in [5.74, 6) is -0.807. The minimum atomic E-state index is -3.02. The fraction of sp³-hybridized carbons (Fsp3) is 0.889. The van der Waals surface area contributed by atoms with Crippen LogP contribution in [0.1, 0.15) is 20.8 Å². The highest BCUT2D eigenvalue weighted by atomic mass is 32.2. The molecule has 6 heteroatoms. The molecule has 90 valence electrons. The van der Waals surface area contributed by atoms with Gasteiger partial charge in [0.15, 0.2) is 9.84 Å². The molecule has 0 unspecified atom stereocenters. The molecule has 0 saturated carbocycles. The average molecular weight is 237 g/mol. The summed E-state index contributed by atoms with van der Waals surface area (Å²) in [6.45, 7) is 5.45. The number of sulfone groups is 1. The maximum absolute atomic E-state index is 11.2. The molecule has 0 aromatic rings. The number of carbonyl (C=O) groups is 1. The van der Waals surface area contributed by atoms with Gasteiger partial charge in [0.25, 0.3) is 0 Å². The summed E-state index contributed by atoms with van der Waals surface area (Å²) in [6.07, 6.45) is 0. The molecule has 0 atom stereocenters. The molecule has 0 aliphatic rings. The molecule has 0 bridgehead atoms. The zero-order valence-electron chi connectivity index (χ0n) is 9.43. The van der Waals surface area contributed by atoms with Gasteiger partial charge in [0.05, 0.1) is 12.3 Å². The molecule has 0 amide bonds. The van der Waals surface area contributed by atoms with Gasteiger partial charge in [0.1, 0.15) is 0 Å². The van der Waals surface area contributed by atoms with Crippen molar-refractivity contribution >= 4 is 15.8 Å². The van der Waals surface area contributed by atoms with Crippen LogP contribution in [0.25, 0.3) is 0 Å². The largest absolute Gasteiger partial charge is 0.480 e. The molecule has 0 aliphatic heterocycles. The van der Waals surface area contributed by atoms with Crippen molar-refractivity contribution in [1.82, 2.24) is 4.90 Å². The topological polar surface area (TPSA) is 74.7 Å². The molecule has 0 radical (unpaired) electrons. The molecular formula is C9H19NO4S. The quantitative estimate of drug-likeness (QED) is 0.685. The lowest BCUT2D eigenvalue weighted by Gasteiger charge is -2.23. The number of aliphatic carboxylic acids is 1. The molecular weight excluding hydrogens is 218 g/mol. The van der Waals surface area contributed by atoms with E-state index in [9.17, 15) is 13.2 Å². The fourth-order valence-corrected chi connectivity index (χ4v) is 1.90. The van der Waals surface area contributed by atoms with Crippen LogP contribution in [-0.2, 0) is 14.6 Å². The van der Waals surface area contributed by atoms with Crippen molar-refractivity contribution in [2.24, 2.45) is 0 Å². The number of nitrogens with zero attached hydrogens (tertiary/aromatic N) is 1. The van der Waals surface area contributed by atoms with E-state index in [4.69, 9.17) is 5.11 Å². The van der Waals surface area contributed by atoms with Crippen LogP contribution >= 0.6 is 0 Å². The highest BCUT2D eigenvalue weighted by Crippen LogP contribution is 2.00. The normalized spacial score (nSPS) is 12.3. The van der Waals surface area contributed by atoms with Crippen molar-refractivity contribution in [1.29, 1.82) is 0 Å². The third-order valence-electron chi connectivity index (χ3n) is 2.20. The van der Waals surface area contributed by atoms with Gasteiger partial charge < -0.3 is 5.11 Å². The molecule has 0 aliphatic carbocycles. The molecule has 0 heterocycles. The van der Waals surface area contributed by atoms with E-state index < -0.39 is 15.8 Å². The predicted molar refractivity (Wildman–Crippen MR) is 58.7 cm³/mol. The Morgan fingerprint density at radius 2 is 1.93 bits per heavy atom. The first-order valence-corrected chi connectivity index (χ1v) is 6.77. The third kappa shape index (κ3) is 6.46. The van der Waals surface area contributed by atoms with Crippen molar-refractivity contribution in [2.45, 2.75) is 26.8 Å². The Bertz CT molecular complexity index is 297. The molecule has 15 heavy (non-hydrogen) atoms. The molecule has 1 N–H and O–H groups in total. The van der Waals surface area contributed by atoms with Crippen molar-refractivity contribution in [2.75, 3.05) is 24.6 Å².